The third-order valence-electron chi connectivity index (χ3n) is 2.28. The van der Waals surface area contributed by atoms with Crippen molar-refractivity contribution in [3.05, 3.63) is 65.8 Å². The van der Waals surface area contributed by atoms with Crippen molar-refractivity contribution in [1.82, 2.24) is 4.98 Å². The van der Waals surface area contributed by atoms with E-state index in [4.69, 9.17) is 0 Å². The smallest absolute Gasteiger partial charge is 0.155 e. The van der Waals surface area contributed by atoms with Crippen LogP contribution in [0.15, 0.2) is 60.1 Å². The lowest BCUT2D eigenvalue weighted by atomic mass is 10.1. The van der Waals surface area contributed by atoms with Crippen LogP contribution in [0.1, 0.15) is 19.5 Å². The molecule has 0 bridgehead atoms. The second kappa shape index (κ2) is 7.78. The zero-order chi connectivity index (χ0) is 14.1. The average Bonchev–Trinajstić information content (AvgIpc) is 2.42. The van der Waals surface area contributed by atoms with Crippen molar-refractivity contribution in [3.63, 3.8) is 0 Å². The van der Waals surface area contributed by atoms with Crippen LogP contribution in [0.4, 0.5) is 4.39 Å². The van der Waals surface area contributed by atoms with Gasteiger partial charge < -0.3 is 0 Å². The molecular weight excluding hydrogens is 241 g/mol. The van der Waals surface area contributed by atoms with E-state index in [0.717, 1.165) is 0 Å². The number of hydrogen-bond acceptors (Lipinski definition) is 2. The number of carbonyl (C=O) groups excluding carboxylic acids is 1. The second-order valence-corrected chi connectivity index (χ2v) is 3.79. The van der Waals surface area contributed by atoms with E-state index in [-0.39, 0.29) is 5.78 Å². The second-order valence-electron chi connectivity index (χ2n) is 3.79. The summed E-state index contributed by atoms with van der Waals surface area (Å²) in [6.07, 6.45) is 6.41. The molecule has 0 amide bonds. The van der Waals surface area contributed by atoms with E-state index >= 15 is 0 Å². The maximum atomic E-state index is 12.0. The van der Waals surface area contributed by atoms with Crippen LogP contribution >= 0.6 is 0 Å². The average molecular weight is 255 g/mol. The summed E-state index contributed by atoms with van der Waals surface area (Å²) < 4.78 is 12.0. The molecule has 0 aromatic carbocycles. The van der Waals surface area contributed by atoms with E-state index in [1.54, 1.807) is 31.3 Å². The van der Waals surface area contributed by atoms with E-state index in [1.165, 1.54) is 19.1 Å². The van der Waals surface area contributed by atoms with Crippen LogP contribution in [0.25, 0.3) is 0 Å². The summed E-state index contributed by atoms with van der Waals surface area (Å²) in [5.74, 6) is 5.67. The fourth-order valence-corrected chi connectivity index (χ4v) is 1.17. The van der Waals surface area contributed by atoms with Crippen LogP contribution in [0, 0.1) is 11.8 Å². The fraction of sp³-hybridized carbons (Fsp3) is 0.125. The number of halogens is 1. The van der Waals surface area contributed by atoms with Crippen LogP contribution in [0.3, 0.4) is 0 Å². The highest BCUT2D eigenvalue weighted by Gasteiger charge is 1.96. The van der Waals surface area contributed by atoms with Crippen molar-refractivity contribution in [3.8, 4) is 11.8 Å². The number of hydrogen-bond donors (Lipinski definition) is 0. The topological polar surface area (TPSA) is 30.0 Å². The first-order chi connectivity index (χ1) is 9.13. The number of allylic oxidation sites excluding steroid dienone is 5. The molecule has 0 saturated heterocycles. The van der Waals surface area contributed by atoms with Gasteiger partial charge in [-0.05, 0) is 55.7 Å². The van der Waals surface area contributed by atoms with Gasteiger partial charge in [0, 0.05) is 11.8 Å². The molecule has 1 heterocycles. The molecule has 0 unspecified atom stereocenters. The Hall–Kier alpha value is -2.47. The molecule has 0 aliphatic heterocycles. The molecule has 0 N–H and O–H groups in total. The molecule has 1 aromatic heterocycles. The van der Waals surface area contributed by atoms with Gasteiger partial charge in [-0.1, -0.05) is 12.0 Å². The van der Waals surface area contributed by atoms with E-state index < -0.39 is 0 Å². The van der Waals surface area contributed by atoms with Gasteiger partial charge in [-0.25, -0.2) is 9.37 Å². The Kier molecular flexibility index (Phi) is 5.97. The van der Waals surface area contributed by atoms with Crippen molar-refractivity contribution >= 4 is 5.78 Å². The summed E-state index contributed by atoms with van der Waals surface area (Å²) in [7, 11) is 0. The van der Waals surface area contributed by atoms with E-state index in [2.05, 4.69) is 16.8 Å². The van der Waals surface area contributed by atoms with Crippen molar-refractivity contribution in [1.29, 1.82) is 0 Å². The van der Waals surface area contributed by atoms with Gasteiger partial charge >= 0.3 is 0 Å². The van der Waals surface area contributed by atoms with Gasteiger partial charge in [-0.15, -0.1) is 0 Å². The minimum absolute atomic E-state index is 0.0465. The van der Waals surface area contributed by atoms with E-state index in [9.17, 15) is 9.18 Å². The molecule has 1 aromatic rings. The first-order valence-electron chi connectivity index (χ1n) is 5.73. The highest BCUT2D eigenvalue weighted by molar-refractivity contribution is 5.93. The van der Waals surface area contributed by atoms with Gasteiger partial charge in [-0.2, -0.15) is 0 Å². The number of Topliss-reactive ketones (excluding diaryl/α,β-unsaturated/α-hetero) is 1. The third kappa shape index (κ3) is 5.60. The number of ketones is 1. The first kappa shape index (κ1) is 14.6. The van der Waals surface area contributed by atoms with Gasteiger partial charge in [0.25, 0.3) is 0 Å². The molecule has 2 nitrogen and oxygen atoms in total. The van der Waals surface area contributed by atoms with Crippen LogP contribution in [0.5, 0.6) is 0 Å². The number of nitrogens with zero attached hydrogens (tertiary/aromatic N) is 1. The maximum Gasteiger partial charge on any atom is 0.155 e. The van der Waals surface area contributed by atoms with Gasteiger partial charge in [0.2, 0.25) is 0 Å². The normalized spacial score (nSPS) is 12.2. The highest BCUT2D eigenvalue weighted by atomic mass is 19.1. The summed E-state index contributed by atoms with van der Waals surface area (Å²) in [5.41, 5.74) is 1.73. The molecule has 0 radical (unpaired) electrons. The Morgan fingerprint density at radius 2 is 2.16 bits per heavy atom. The zero-order valence-electron chi connectivity index (χ0n) is 10.9. The van der Waals surface area contributed by atoms with Gasteiger partial charge in [0.05, 0.1) is 6.33 Å². The lowest BCUT2D eigenvalue weighted by Crippen LogP contribution is -1.91. The number of pyridine rings is 1. The standard InChI is InChI=1S/C16H14FNO/c1-13(14(2)19)12-15(6-5-10-17)8-9-16-7-3-4-11-18-16/h3-7,10-12H,1-2H3/b10-5+,13-12+,15-6-. The van der Waals surface area contributed by atoms with Crippen molar-refractivity contribution < 1.29 is 9.18 Å². The van der Waals surface area contributed by atoms with Gasteiger partial charge in [0.15, 0.2) is 5.78 Å². The minimum Gasteiger partial charge on any atom is -0.295 e. The molecular formula is C16H14FNO. The molecule has 0 saturated carbocycles. The van der Waals surface area contributed by atoms with Crippen molar-refractivity contribution in [2.75, 3.05) is 0 Å². The molecule has 0 aliphatic rings. The largest absolute Gasteiger partial charge is 0.295 e. The summed E-state index contributed by atoms with van der Waals surface area (Å²) in [5, 5.41) is 0. The SMILES string of the molecule is CC(=O)/C(C)=C/C(C#Cc1ccccn1)=C\C=C\F. The molecule has 0 atom stereocenters. The predicted octanol–water partition coefficient (Wildman–Crippen LogP) is 3.38. The minimum atomic E-state index is -0.0465. The Bertz CT molecular complexity index is 586. The third-order valence-corrected chi connectivity index (χ3v) is 2.28. The molecule has 96 valence electrons. The highest BCUT2D eigenvalue weighted by Crippen LogP contribution is 2.04. The monoisotopic (exact) mass is 255 g/mol. The van der Waals surface area contributed by atoms with Crippen LogP contribution in [0.2, 0.25) is 0 Å². The molecule has 3 heteroatoms. The molecule has 1 rings (SSSR count). The summed E-state index contributed by atoms with van der Waals surface area (Å²) in [6, 6.07) is 5.41. The molecule has 19 heavy (non-hydrogen) atoms. The quantitative estimate of drug-likeness (QED) is 0.471. The molecule has 0 aliphatic carbocycles. The van der Waals surface area contributed by atoms with Gasteiger partial charge in [0.1, 0.15) is 5.69 Å². The Morgan fingerprint density at radius 3 is 2.74 bits per heavy atom. The number of carbonyl (C=O) groups is 1. The Balaban J connectivity index is 3.04. The predicted molar refractivity (Wildman–Crippen MR) is 73.9 cm³/mol. The summed E-state index contributed by atoms with van der Waals surface area (Å²) in [4.78, 5) is 15.2. The van der Waals surface area contributed by atoms with Crippen molar-refractivity contribution in [2.45, 2.75) is 13.8 Å². The van der Waals surface area contributed by atoms with Crippen LogP contribution in [-0.2, 0) is 4.79 Å². The van der Waals surface area contributed by atoms with Crippen LogP contribution < -0.4 is 0 Å². The van der Waals surface area contributed by atoms with Gasteiger partial charge in [-0.3, -0.25) is 4.79 Å². The van der Waals surface area contributed by atoms with Crippen LogP contribution in [-0.4, -0.2) is 10.8 Å². The first-order valence-corrected chi connectivity index (χ1v) is 5.73. The summed E-state index contributed by atoms with van der Waals surface area (Å²) >= 11 is 0. The molecule has 0 spiro atoms. The van der Waals surface area contributed by atoms with E-state index in [0.29, 0.717) is 23.2 Å². The number of aromatic nitrogens is 1. The molecule has 0 fully saturated rings. The van der Waals surface area contributed by atoms with Crippen molar-refractivity contribution in [2.24, 2.45) is 0 Å². The lowest BCUT2D eigenvalue weighted by molar-refractivity contribution is -0.113. The van der Waals surface area contributed by atoms with E-state index in [1.807, 2.05) is 6.07 Å². The zero-order valence-corrected chi connectivity index (χ0v) is 10.9. The summed E-state index contributed by atoms with van der Waals surface area (Å²) in [6.45, 7) is 3.17. The number of rotatable bonds is 3. The fourth-order valence-electron chi connectivity index (χ4n) is 1.17. The Morgan fingerprint density at radius 1 is 1.37 bits per heavy atom. The lowest BCUT2D eigenvalue weighted by Gasteiger charge is -1.94. The maximum absolute atomic E-state index is 12.0. The Labute approximate surface area is 112 Å².